The Balaban J connectivity index is 1.52. The summed E-state index contributed by atoms with van der Waals surface area (Å²) in [6.07, 6.45) is 6.40. The van der Waals surface area contributed by atoms with Gasteiger partial charge >= 0.3 is 11.9 Å². The number of ether oxygens (including phenoxy) is 2. The Morgan fingerprint density at radius 3 is 2.62 bits per heavy atom. The van der Waals surface area contributed by atoms with Gasteiger partial charge in [-0.2, -0.15) is 0 Å². The van der Waals surface area contributed by atoms with E-state index >= 15 is 0 Å². The predicted molar refractivity (Wildman–Crippen MR) is 102 cm³/mol. The molecule has 3 saturated carbocycles. The third-order valence-corrected chi connectivity index (χ3v) is 9.00. The lowest BCUT2D eigenvalue weighted by Gasteiger charge is -2.57. The largest absolute Gasteiger partial charge is 0.478 e. The van der Waals surface area contributed by atoms with Crippen LogP contribution < -0.4 is 0 Å². The van der Waals surface area contributed by atoms with E-state index in [1.807, 2.05) is 6.92 Å². The first-order valence-corrected chi connectivity index (χ1v) is 10.8. The molecule has 1 heterocycles. The van der Waals surface area contributed by atoms with Gasteiger partial charge in [0.15, 0.2) is 5.76 Å². The van der Waals surface area contributed by atoms with Crippen molar-refractivity contribution < 1.29 is 29.0 Å². The minimum atomic E-state index is -1.43. The molecule has 1 N–H and O–H groups in total. The highest BCUT2D eigenvalue weighted by atomic mass is 16.6. The molecule has 0 aromatic rings. The standard InChI is InChI=1S/C23H28O6/c1-4-17(25)29-23(20(26)27)10-8-14-13-6-5-12-11-16(24)18-19(28-18)22(12,3)15(13)7-9-21(14,23)2/h11,13-15H,4-10H2,1-3H3,(H,26,27)/t13-,14-,15-,21-,22-,23-/m0/s1. The van der Waals surface area contributed by atoms with Gasteiger partial charge < -0.3 is 14.6 Å². The first kappa shape index (κ1) is 18.9. The van der Waals surface area contributed by atoms with Crippen LogP contribution in [0, 0.1) is 28.6 Å². The molecular formula is C23H28O6. The summed E-state index contributed by atoms with van der Waals surface area (Å²) >= 11 is 0. The molecule has 0 saturated heterocycles. The molecule has 0 aromatic heterocycles. The van der Waals surface area contributed by atoms with Crippen molar-refractivity contribution in [3.63, 3.8) is 0 Å². The van der Waals surface area contributed by atoms with Gasteiger partial charge in [0.25, 0.3) is 0 Å². The summed E-state index contributed by atoms with van der Waals surface area (Å²) in [4.78, 5) is 36.7. The molecule has 156 valence electrons. The lowest BCUT2D eigenvalue weighted by Crippen LogP contribution is -2.59. The van der Waals surface area contributed by atoms with Gasteiger partial charge in [-0.1, -0.05) is 19.4 Å². The van der Waals surface area contributed by atoms with Crippen LogP contribution >= 0.6 is 0 Å². The van der Waals surface area contributed by atoms with Crippen molar-refractivity contribution in [1.82, 2.24) is 0 Å². The lowest BCUT2D eigenvalue weighted by atomic mass is 9.47. The van der Waals surface area contributed by atoms with Crippen molar-refractivity contribution >= 4 is 17.7 Å². The molecule has 3 fully saturated rings. The highest BCUT2D eigenvalue weighted by Gasteiger charge is 2.70. The highest BCUT2D eigenvalue weighted by molar-refractivity contribution is 6.07. The molecule has 5 aliphatic rings. The van der Waals surface area contributed by atoms with Gasteiger partial charge in [0, 0.05) is 11.8 Å². The number of carboxylic acids is 1. The fourth-order valence-electron chi connectivity index (χ4n) is 7.39. The maximum Gasteiger partial charge on any atom is 0.348 e. The molecule has 0 bridgehead atoms. The number of carbonyl (C=O) groups excluding carboxylic acids is 2. The van der Waals surface area contributed by atoms with Crippen LogP contribution in [0.1, 0.15) is 65.7 Å². The van der Waals surface area contributed by atoms with Gasteiger partial charge in [-0.25, -0.2) is 4.79 Å². The van der Waals surface area contributed by atoms with Crippen LogP contribution in [-0.4, -0.2) is 28.4 Å². The molecule has 0 radical (unpaired) electrons. The number of rotatable bonds is 3. The quantitative estimate of drug-likeness (QED) is 0.725. The zero-order chi connectivity index (χ0) is 20.8. The summed E-state index contributed by atoms with van der Waals surface area (Å²) in [5.41, 5.74) is -1.09. The van der Waals surface area contributed by atoms with Gasteiger partial charge in [-0.05, 0) is 69.3 Å². The Hall–Kier alpha value is -2.11. The van der Waals surface area contributed by atoms with Crippen LogP contribution in [0.25, 0.3) is 0 Å². The molecule has 0 unspecified atom stereocenters. The van der Waals surface area contributed by atoms with E-state index < -0.39 is 23.0 Å². The van der Waals surface area contributed by atoms with E-state index in [1.165, 1.54) is 5.57 Å². The smallest absolute Gasteiger partial charge is 0.348 e. The number of aliphatic carboxylic acids is 1. The second kappa shape index (κ2) is 5.73. The molecule has 6 nitrogen and oxygen atoms in total. The van der Waals surface area contributed by atoms with E-state index in [9.17, 15) is 19.5 Å². The van der Waals surface area contributed by atoms with Gasteiger partial charge in [-0.15, -0.1) is 0 Å². The molecule has 5 rings (SSSR count). The second-order valence-electron chi connectivity index (χ2n) is 9.87. The molecule has 29 heavy (non-hydrogen) atoms. The Kier molecular flexibility index (Phi) is 3.73. The van der Waals surface area contributed by atoms with Crippen molar-refractivity contribution in [1.29, 1.82) is 0 Å². The number of hydrogen-bond acceptors (Lipinski definition) is 5. The Labute approximate surface area is 170 Å². The molecule has 4 aliphatic carbocycles. The first-order chi connectivity index (χ1) is 13.7. The monoisotopic (exact) mass is 400 g/mol. The van der Waals surface area contributed by atoms with Crippen LogP contribution in [0.2, 0.25) is 0 Å². The summed E-state index contributed by atoms with van der Waals surface area (Å²) in [5, 5.41) is 10.2. The van der Waals surface area contributed by atoms with Crippen LogP contribution in [0.4, 0.5) is 0 Å². The van der Waals surface area contributed by atoms with Gasteiger partial charge in [-0.3, -0.25) is 9.59 Å². The van der Waals surface area contributed by atoms with Crippen molar-refractivity contribution in [2.24, 2.45) is 28.6 Å². The molecule has 0 amide bonds. The SMILES string of the molecule is CCC(=O)O[C@]1(C(=O)O)CC[C@H]2[C@@H]3CCC4=CC(=O)C5=C(O5)[C@]4(C)[C@H]3CC[C@@]21C. The molecular weight excluding hydrogens is 372 g/mol. The number of allylic oxidation sites excluding steroid dienone is 2. The highest BCUT2D eigenvalue weighted by Crippen LogP contribution is 2.70. The normalized spacial score (nSPS) is 44.6. The fourth-order valence-corrected chi connectivity index (χ4v) is 7.39. The van der Waals surface area contributed by atoms with E-state index in [0.717, 1.165) is 31.4 Å². The number of fused-ring (bicyclic) bond motifs is 6. The van der Waals surface area contributed by atoms with E-state index in [1.54, 1.807) is 13.0 Å². The molecule has 6 heteroatoms. The Morgan fingerprint density at radius 1 is 1.21 bits per heavy atom. The average molecular weight is 400 g/mol. The maximum absolute atomic E-state index is 12.4. The Bertz CT molecular complexity index is 899. The van der Waals surface area contributed by atoms with E-state index in [2.05, 4.69) is 6.92 Å². The number of hydrogen-bond donors (Lipinski definition) is 1. The lowest BCUT2D eigenvalue weighted by molar-refractivity contribution is -0.201. The van der Waals surface area contributed by atoms with Crippen molar-refractivity contribution in [3.05, 3.63) is 23.2 Å². The molecule has 0 aromatic carbocycles. The number of esters is 1. The van der Waals surface area contributed by atoms with Crippen LogP contribution in [-0.2, 0) is 23.9 Å². The topological polar surface area (TPSA) is 93.2 Å². The number of carboxylic acid groups (broad SMARTS) is 1. The minimum absolute atomic E-state index is 0.0104. The zero-order valence-electron chi connectivity index (χ0n) is 17.2. The summed E-state index contributed by atoms with van der Waals surface area (Å²) < 4.78 is 11.4. The van der Waals surface area contributed by atoms with Crippen molar-refractivity contribution in [2.45, 2.75) is 71.3 Å². The van der Waals surface area contributed by atoms with Gasteiger partial charge in [0.2, 0.25) is 17.1 Å². The van der Waals surface area contributed by atoms with Crippen LogP contribution in [0.15, 0.2) is 23.2 Å². The maximum atomic E-state index is 12.4. The zero-order valence-corrected chi connectivity index (χ0v) is 17.2. The van der Waals surface area contributed by atoms with Crippen molar-refractivity contribution in [3.8, 4) is 0 Å². The van der Waals surface area contributed by atoms with E-state index in [-0.39, 0.29) is 23.5 Å². The second-order valence-corrected chi connectivity index (χ2v) is 9.87. The summed E-state index contributed by atoms with van der Waals surface area (Å²) in [6, 6.07) is 0. The molecule has 6 atom stereocenters. The van der Waals surface area contributed by atoms with Crippen LogP contribution in [0.3, 0.4) is 0 Å². The summed E-state index contributed by atoms with van der Waals surface area (Å²) in [7, 11) is 0. The molecule has 0 spiro atoms. The fraction of sp³-hybridized carbons (Fsp3) is 0.696. The third kappa shape index (κ3) is 2.15. The van der Waals surface area contributed by atoms with Gasteiger partial charge in [0.05, 0.1) is 5.41 Å². The average Bonchev–Trinajstić information content (AvgIpc) is 3.44. The van der Waals surface area contributed by atoms with Crippen molar-refractivity contribution in [2.75, 3.05) is 0 Å². The van der Waals surface area contributed by atoms with E-state index in [0.29, 0.717) is 30.4 Å². The van der Waals surface area contributed by atoms with E-state index in [4.69, 9.17) is 9.47 Å². The molecule has 1 aliphatic heterocycles. The summed E-state index contributed by atoms with van der Waals surface area (Å²) in [5.74, 6) is 0.751. The predicted octanol–water partition coefficient (Wildman–Crippen LogP) is 3.76. The number of ketones is 1. The Morgan fingerprint density at radius 2 is 1.93 bits per heavy atom. The third-order valence-electron chi connectivity index (χ3n) is 9.00. The van der Waals surface area contributed by atoms with Gasteiger partial charge in [0.1, 0.15) is 0 Å². The summed E-state index contributed by atoms with van der Waals surface area (Å²) in [6.45, 7) is 5.92. The minimum Gasteiger partial charge on any atom is -0.478 e. The first-order valence-electron chi connectivity index (χ1n) is 10.8. The number of carbonyl (C=O) groups is 3. The van der Waals surface area contributed by atoms with Crippen LogP contribution in [0.5, 0.6) is 0 Å².